The number of anilines is 2. The Morgan fingerprint density at radius 1 is 1.50 bits per heavy atom. The highest BCUT2D eigenvalue weighted by Crippen LogP contribution is 2.19. The maximum atomic E-state index is 6.03. The van der Waals surface area contributed by atoms with Crippen molar-refractivity contribution in [3.05, 3.63) is 11.2 Å². The number of likely N-dealkylation sites (tertiary alicyclic amines) is 1. The molecule has 0 aromatic carbocycles. The van der Waals surface area contributed by atoms with E-state index in [1.165, 1.54) is 32.1 Å². The Morgan fingerprint density at radius 3 is 2.89 bits per heavy atom. The van der Waals surface area contributed by atoms with Gasteiger partial charge in [-0.25, -0.2) is 10.8 Å². The van der Waals surface area contributed by atoms with Crippen molar-refractivity contribution in [2.24, 2.45) is 5.84 Å². The highest BCUT2D eigenvalue weighted by molar-refractivity contribution is 6.32. The number of nitrogen functional groups attached to an aromatic ring is 1. The predicted molar refractivity (Wildman–Crippen MR) is 73.6 cm³/mol. The summed E-state index contributed by atoms with van der Waals surface area (Å²) < 4.78 is 0. The van der Waals surface area contributed by atoms with Crippen molar-refractivity contribution in [1.29, 1.82) is 0 Å². The van der Waals surface area contributed by atoms with Crippen molar-refractivity contribution in [1.82, 2.24) is 14.9 Å². The van der Waals surface area contributed by atoms with Crippen molar-refractivity contribution in [2.45, 2.75) is 25.8 Å². The lowest BCUT2D eigenvalue weighted by Crippen LogP contribution is -2.35. The molecule has 1 fully saturated rings. The summed E-state index contributed by atoms with van der Waals surface area (Å²) in [4.78, 5) is 10.6. The minimum Gasteiger partial charge on any atom is -0.367 e. The molecular weight excluding hydrogens is 252 g/mol. The predicted octanol–water partition coefficient (Wildman–Crippen LogP) is 1.31. The minimum absolute atomic E-state index is 0.357. The lowest BCUT2D eigenvalue weighted by atomic mass is 10.3. The highest BCUT2D eigenvalue weighted by atomic mass is 35.5. The Hall–Kier alpha value is -1.11. The summed E-state index contributed by atoms with van der Waals surface area (Å²) in [5.74, 6) is 6.24. The lowest BCUT2D eigenvalue weighted by molar-refractivity contribution is 0.269. The van der Waals surface area contributed by atoms with E-state index < -0.39 is 0 Å². The minimum atomic E-state index is 0.357. The van der Waals surface area contributed by atoms with Crippen LogP contribution in [0.1, 0.15) is 19.8 Å². The highest BCUT2D eigenvalue weighted by Gasteiger charge is 2.18. The van der Waals surface area contributed by atoms with Crippen molar-refractivity contribution < 1.29 is 0 Å². The molecule has 4 N–H and O–H groups in total. The van der Waals surface area contributed by atoms with Crippen LogP contribution in [0.15, 0.2) is 6.20 Å². The summed E-state index contributed by atoms with van der Waals surface area (Å²) in [6, 6.07) is 0.466. The standard InChI is InChI=1S/C11H19ClN6/c1-8(18-4-2-3-5-18)6-14-10-9(12)7-15-11(16-10)17-13/h7-8H,2-6,13H2,1H3,(H2,14,15,16,17). The van der Waals surface area contributed by atoms with Gasteiger partial charge in [0.25, 0.3) is 0 Å². The van der Waals surface area contributed by atoms with Gasteiger partial charge in [0.05, 0.1) is 6.20 Å². The largest absolute Gasteiger partial charge is 0.367 e. The zero-order valence-electron chi connectivity index (χ0n) is 10.5. The third kappa shape index (κ3) is 3.22. The Morgan fingerprint density at radius 2 is 2.22 bits per heavy atom. The molecule has 0 bridgehead atoms. The van der Waals surface area contributed by atoms with E-state index in [1.54, 1.807) is 0 Å². The summed E-state index contributed by atoms with van der Waals surface area (Å²) in [5.41, 5.74) is 2.41. The molecule has 6 nitrogen and oxygen atoms in total. The number of nitrogens with one attached hydrogen (secondary N) is 2. The van der Waals surface area contributed by atoms with E-state index in [-0.39, 0.29) is 0 Å². The molecular formula is C11H19ClN6. The first-order chi connectivity index (χ1) is 8.70. The van der Waals surface area contributed by atoms with Crippen LogP contribution in [0, 0.1) is 0 Å². The smallest absolute Gasteiger partial charge is 0.239 e. The molecule has 18 heavy (non-hydrogen) atoms. The van der Waals surface area contributed by atoms with Crippen LogP contribution in [0.2, 0.25) is 5.02 Å². The van der Waals surface area contributed by atoms with Gasteiger partial charge in [0.2, 0.25) is 5.95 Å². The summed E-state index contributed by atoms with van der Waals surface area (Å²) in [6.07, 6.45) is 4.12. The number of rotatable bonds is 5. The number of hydrazine groups is 1. The third-order valence-corrected chi connectivity index (χ3v) is 3.48. The quantitative estimate of drug-likeness (QED) is 0.553. The maximum absolute atomic E-state index is 6.03. The molecule has 1 saturated heterocycles. The van der Waals surface area contributed by atoms with E-state index in [0.29, 0.717) is 22.8 Å². The van der Waals surface area contributed by atoms with Crippen molar-refractivity contribution >= 4 is 23.4 Å². The van der Waals surface area contributed by atoms with Gasteiger partial charge >= 0.3 is 0 Å². The fraction of sp³-hybridized carbons (Fsp3) is 0.636. The van der Waals surface area contributed by atoms with Crippen molar-refractivity contribution in [3.8, 4) is 0 Å². The molecule has 1 unspecified atom stereocenters. The van der Waals surface area contributed by atoms with Crippen LogP contribution < -0.4 is 16.6 Å². The SMILES string of the molecule is CC(CNc1nc(NN)ncc1Cl)N1CCCC1. The molecule has 1 aliphatic rings. The zero-order chi connectivity index (χ0) is 13.0. The molecule has 2 heterocycles. The number of hydrogen-bond donors (Lipinski definition) is 3. The Bertz CT molecular complexity index is 393. The molecule has 0 saturated carbocycles. The average molecular weight is 271 g/mol. The van der Waals surface area contributed by atoms with Crippen LogP contribution in [0.25, 0.3) is 0 Å². The first kappa shape index (κ1) is 13.3. The molecule has 100 valence electrons. The molecule has 1 atom stereocenters. The molecule has 0 spiro atoms. The van der Waals surface area contributed by atoms with Crippen LogP contribution in [0.4, 0.5) is 11.8 Å². The summed E-state index contributed by atoms with van der Waals surface area (Å²) in [6.45, 7) is 5.36. The summed E-state index contributed by atoms with van der Waals surface area (Å²) >= 11 is 6.03. The number of aromatic nitrogens is 2. The van der Waals surface area contributed by atoms with Gasteiger partial charge in [-0.2, -0.15) is 4.98 Å². The molecule has 1 aliphatic heterocycles. The Balaban J connectivity index is 1.92. The molecule has 0 amide bonds. The Labute approximate surface area is 112 Å². The molecule has 1 aromatic heterocycles. The van der Waals surface area contributed by atoms with E-state index >= 15 is 0 Å². The van der Waals surface area contributed by atoms with Crippen LogP contribution in [-0.4, -0.2) is 40.5 Å². The lowest BCUT2D eigenvalue weighted by Gasteiger charge is -2.24. The first-order valence-corrected chi connectivity index (χ1v) is 6.55. The molecule has 2 rings (SSSR count). The van der Waals surface area contributed by atoms with E-state index in [2.05, 4.69) is 32.5 Å². The van der Waals surface area contributed by atoms with Gasteiger partial charge in [-0.05, 0) is 32.9 Å². The van der Waals surface area contributed by atoms with Crippen LogP contribution in [0.5, 0.6) is 0 Å². The number of hydrogen-bond acceptors (Lipinski definition) is 6. The maximum Gasteiger partial charge on any atom is 0.239 e. The number of halogens is 1. The second kappa shape index (κ2) is 6.17. The van der Waals surface area contributed by atoms with Crippen LogP contribution in [0.3, 0.4) is 0 Å². The van der Waals surface area contributed by atoms with E-state index in [4.69, 9.17) is 17.4 Å². The number of nitrogens with zero attached hydrogens (tertiary/aromatic N) is 3. The van der Waals surface area contributed by atoms with Gasteiger partial charge in [0, 0.05) is 12.6 Å². The van der Waals surface area contributed by atoms with E-state index in [9.17, 15) is 0 Å². The van der Waals surface area contributed by atoms with Gasteiger partial charge < -0.3 is 5.32 Å². The fourth-order valence-electron chi connectivity index (χ4n) is 2.12. The summed E-state index contributed by atoms with van der Waals surface area (Å²) in [5, 5.41) is 3.75. The normalized spacial score (nSPS) is 17.7. The van der Waals surface area contributed by atoms with Gasteiger partial charge in [-0.1, -0.05) is 11.6 Å². The molecule has 1 aromatic rings. The molecule has 0 radical (unpaired) electrons. The monoisotopic (exact) mass is 270 g/mol. The zero-order valence-corrected chi connectivity index (χ0v) is 11.2. The van der Waals surface area contributed by atoms with Gasteiger partial charge in [-0.15, -0.1) is 0 Å². The van der Waals surface area contributed by atoms with Gasteiger partial charge in [-0.3, -0.25) is 10.3 Å². The van der Waals surface area contributed by atoms with E-state index in [0.717, 1.165) is 6.54 Å². The number of nitrogens with two attached hydrogens (primary N) is 1. The van der Waals surface area contributed by atoms with Gasteiger partial charge in [0.15, 0.2) is 5.82 Å². The van der Waals surface area contributed by atoms with Crippen LogP contribution >= 0.6 is 11.6 Å². The third-order valence-electron chi connectivity index (χ3n) is 3.20. The topological polar surface area (TPSA) is 79.1 Å². The Kier molecular flexibility index (Phi) is 4.57. The first-order valence-electron chi connectivity index (χ1n) is 6.18. The second-order valence-electron chi connectivity index (χ2n) is 4.51. The molecule has 7 heteroatoms. The van der Waals surface area contributed by atoms with Crippen molar-refractivity contribution in [2.75, 3.05) is 30.4 Å². The van der Waals surface area contributed by atoms with Crippen LogP contribution in [-0.2, 0) is 0 Å². The molecule has 0 aliphatic carbocycles. The fourth-order valence-corrected chi connectivity index (χ4v) is 2.27. The average Bonchev–Trinajstić information content (AvgIpc) is 2.91. The second-order valence-corrected chi connectivity index (χ2v) is 4.91. The summed E-state index contributed by atoms with van der Waals surface area (Å²) in [7, 11) is 0. The van der Waals surface area contributed by atoms with Crippen molar-refractivity contribution in [3.63, 3.8) is 0 Å². The van der Waals surface area contributed by atoms with E-state index in [1.807, 2.05) is 0 Å². The van der Waals surface area contributed by atoms with Gasteiger partial charge in [0.1, 0.15) is 5.02 Å².